The zero-order chi connectivity index (χ0) is 26.0. The molecule has 3 N–H and O–H groups in total. The normalized spacial score (nSPS) is 29.0. The van der Waals surface area contributed by atoms with E-state index in [4.69, 9.17) is 0 Å². The summed E-state index contributed by atoms with van der Waals surface area (Å²) in [5.74, 6) is -2.45. The molecule has 3 amide bonds. The van der Waals surface area contributed by atoms with Crippen molar-refractivity contribution in [2.45, 2.75) is 88.0 Å². The molecule has 4 rings (SSSR count). The van der Waals surface area contributed by atoms with Gasteiger partial charge in [-0.05, 0) is 50.3 Å². The van der Waals surface area contributed by atoms with Crippen molar-refractivity contribution in [2.75, 3.05) is 0 Å². The summed E-state index contributed by atoms with van der Waals surface area (Å²) in [5, 5.41) is 15.0. The van der Waals surface area contributed by atoms with Crippen molar-refractivity contribution in [2.24, 2.45) is 0 Å². The zero-order valence-corrected chi connectivity index (χ0v) is 19.4. The predicted molar refractivity (Wildman–Crippen MR) is 118 cm³/mol. The minimum Gasteiger partial charge on any atom is -0.434 e. The topological polar surface area (TPSA) is 125 Å². The Morgan fingerprint density at radius 1 is 1.03 bits per heavy atom. The van der Waals surface area contributed by atoms with Crippen LogP contribution in [0.4, 0.5) is 13.2 Å². The maximum atomic E-state index is 13.6. The summed E-state index contributed by atoms with van der Waals surface area (Å²) in [4.78, 5) is 52.4. The third-order valence-electron chi connectivity index (χ3n) is 6.95. The number of nitrogens with one attached hydrogen (secondary N) is 2. The SMILES string of the molecule is O=C1CC(NC(=O)[C@@H]2CCC[C@@H]3CCCC[C@H](NC(=O)c4cccc(C(F)(F)F)c4)C(=O)N32)C(O)O1. The van der Waals surface area contributed by atoms with Crippen LogP contribution in [0.3, 0.4) is 0 Å². The van der Waals surface area contributed by atoms with Crippen LogP contribution in [0.1, 0.15) is 67.3 Å². The summed E-state index contributed by atoms with van der Waals surface area (Å²) < 4.78 is 43.9. The molecule has 0 spiro atoms. The standard InChI is InChI=1S/C24H28F3N3O6/c25-24(26,27)14-6-3-5-13(11-14)20(32)28-16-9-2-1-7-15-8-4-10-18(30(15)22(16)34)21(33)29-17-12-19(31)36-23(17)35/h3,5-6,11,15-18,23,35H,1-2,4,7-10,12H2,(H,28,32)(H,29,33)/t15-,16-,17?,18-,23?/m0/s1. The number of amides is 3. The van der Waals surface area contributed by atoms with Crippen LogP contribution in [0, 0.1) is 0 Å². The van der Waals surface area contributed by atoms with Crippen LogP contribution in [0.25, 0.3) is 0 Å². The Balaban J connectivity index is 1.51. The maximum absolute atomic E-state index is 13.6. The lowest BCUT2D eigenvalue weighted by molar-refractivity contribution is -0.156. The average Bonchev–Trinajstić information content (AvgIpc) is 3.14. The first-order valence-corrected chi connectivity index (χ1v) is 12.0. The lowest BCUT2D eigenvalue weighted by Gasteiger charge is -2.44. The van der Waals surface area contributed by atoms with Crippen LogP contribution >= 0.6 is 0 Å². The molecule has 36 heavy (non-hydrogen) atoms. The molecular formula is C24H28F3N3O6. The van der Waals surface area contributed by atoms with E-state index in [1.165, 1.54) is 11.0 Å². The van der Waals surface area contributed by atoms with Crippen LogP contribution < -0.4 is 10.6 Å². The lowest BCUT2D eigenvalue weighted by atomic mass is 9.88. The molecule has 1 aromatic rings. The number of benzene rings is 1. The first-order chi connectivity index (χ1) is 17.0. The van der Waals surface area contributed by atoms with Gasteiger partial charge in [0.1, 0.15) is 18.1 Å². The second-order valence-electron chi connectivity index (χ2n) is 9.43. The number of alkyl halides is 3. The Kier molecular flexibility index (Phi) is 7.53. The van der Waals surface area contributed by atoms with Gasteiger partial charge < -0.3 is 25.4 Å². The minimum atomic E-state index is -4.61. The van der Waals surface area contributed by atoms with E-state index in [2.05, 4.69) is 15.4 Å². The number of hydrogen-bond donors (Lipinski definition) is 3. The number of aliphatic hydroxyl groups is 1. The molecule has 3 aliphatic rings. The molecule has 3 saturated heterocycles. The third kappa shape index (κ3) is 5.63. The molecule has 3 aliphatic heterocycles. The molecule has 0 bridgehead atoms. The number of carbonyl (C=O) groups excluding carboxylic acids is 4. The summed E-state index contributed by atoms with van der Waals surface area (Å²) in [6, 6.07) is 0.931. The lowest BCUT2D eigenvalue weighted by Crippen LogP contribution is -2.62. The second kappa shape index (κ2) is 10.5. The van der Waals surface area contributed by atoms with Crippen molar-refractivity contribution in [3.05, 3.63) is 35.4 Å². The van der Waals surface area contributed by atoms with Gasteiger partial charge in [0.05, 0.1) is 12.0 Å². The molecule has 3 heterocycles. The van der Waals surface area contributed by atoms with Crippen molar-refractivity contribution >= 4 is 23.7 Å². The average molecular weight is 511 g/mol. The summed E-state index contributed by atoms with van der Waals surface area (Å²) in [6.07, 6.45) is -2.20. The minimum absolute atomic E-state index is 0.188. The van der Waals surface area contributed by atoms with Crippen molar-refractivity contribution in [3.8, 4) is 0 Å². The quantitative estimate of drug-likeness (QED) is 0.531. The fourth-order valence-electron chi connectivity index (χ4n) is 5.14. The number of cyclic esters (lactones) is 1. The van der Waals surface area contributed by atoms with Crippen LogP contribution in [0.15, 0.2) is 24.3 Å². The summed E-state index contributed by atoms with van der Waals surface area (Å²) in [6.45, 7) is 0. The Morgan fingerprint density at radius 2 is 1.75 bits per heavy atom. The van der Waals surface area contributed by atoms with E-state index in [0.717, 1.165) is 24.6 Å². The number of rotatable bonds is 4. The van der Waals surface area contributed by atoms with E-state index in [1.54, 1.807) is 0 Å². The number of hydrogen-bond acceptors (Lipinski definition) is 6. The number of aliphatic hydroxyl groups excluding tert-OH is 1. The first kappa shape index (κ1) is 25.9. The Bertz CT molecular complexity index is 1030. The fraction of sp³-hybridized carbons (Fsp3) is 0.583. The van der Waals surface area contributed by atoms with Gasteiger partial charge in [-0.1, -0.05) is 18.9 Å². The van der Waals surface area contributed by atoms with E-state index < -0.39 is 59.8 Å². The first-order valence-electron chi connectivity index (χ1n) is 12.0. The van der Waals surface area contributed by atoms with Crippen LogP contribution in [-0.4, -0.2) is 64.2 Å². The van der Waals surface area contributed by atoms with E-state index >= 15 is 0 Å². The maximum Gasteiger partial charge on any atom is 0.416 e. The van der Waals surface area contributed by atoms with Gasteiger partial charge >= 0.3 is 12.1 Å². The highest BCUT2D eigenvalue weighted by Crippen LogP contribution is 2.32. The second-order valence-corrected chi connectivity index (χ2v) is 9.43. The van der Waals surface area contributed by atoms with Gasteiger partial charge in [0, 0.05) is 11.6 Å². The number of carbonyl (C=O) groups is 4. The molecule has 5 atom stereocenters. The Hall–Kier alpha value is -3.15. The Morgan fingerprint density at radius 3 is 2.44 bits per heavy atom. The predicted octanol–water partition coefficient (Wildman–Crippen LogP) is 1.88. The number of halogens is 3. The molecule has 12 heteroatoms. The van der Waals surface area contributed by atoms with Gasteiger partial charge in [0.15, 0.2) is 0 Å². The van der Waals surface area contributed by atoms with Crippen LogP contribution in [0.5, 0.6) is 0 Å². The van der Waals surface area contributed by atoms with Gasteiger partial charge in [-0.15, -0.1) is 0 Å². The van der Waals surface area contributed by atoms with E-state index in [9.17, 15) is 37.5 Å². The van der Waals surface area contributed by atoms with Crippen molar-refractivity contribution in [1.82, 2.24) is 15.5 Å². The molecule has 2 unspecified atom stereocenters. The summed E-state index contributed by atoms with van der Waals surface area (Å²) in [7, 11) is 0. The highest BCUT2D eigenvalue weighted by molar-refractivity contribution is 5.98. The van der Waals surface area contributed by atoms with Crippen molar-refractivity contribution in [3.63, 3.8) is 0 Å². The number of fused-ring (bicyclic) bond motifs is 1. The van der Waals surface area contributed by atoms with E-state index in [1.807, 2.05) is 0 Å². The highest BCUT2D eigenvalue weighted by atomic mass is 19.4. The largest absolute Gasteiger partial charge is 0.434 e. The number of esters is 1. The molecule has 3 fully saturated rings. The van der Waals surface area contributed by atoms with E-state index in [0.29, 0.717) is 32.1 Å². The van der Waals surface area contributed by atoms with Crippen LogP contribution in [0.2, 0.25) is 0 Å². The summed E-state index contributed by atoms with van der Waals surface area (Å²) >= 11 is 0. The molecule has 0 saturated carbocycles. The highest BCUT2D eigenvalue weighted by Gasteiger charge is 2.44. The molecule has 0 aliphatic carbocycles. The van der Waals surface area contributed by atoms with Gasteiger partial charge in [-0.2, -0.15) is 13.2 Å². The monoisotopic (exact) mass is 511 g/mol. The number of piperidine rings is 1. The third-order valence-corrected chi connectivity index (χ3v) is 6.95. The molecule has 9 nitrogen and oxygen atoms in total. The molecule has 1 aromatic carbocycles. The van der Waals surface area contributed by atoms with Crippen LogP contribution in [-0.2, 0) is 25.3 Å². The van der Waals surface area contributed by atoms with Gasteiger partial charge in [0.25, 0.3) is 5.91 Å². The molecule has 0 radical (unpaired) electrons. The molecular weight excluding hydrogens is 483 g/mol. The molecule has 196 valence electrons. The van der Waals surface area contributed by atoms with Gasteiger partial charge in [-0.3, -0.25) is 19.2 Å². The Labute approximate surface area is 205 Å². The van der Waals surface area contributed by atoms with Gasteiger partial charge in [-0.25, -0.2) is 0 Å². The summed E-state index contributed by atoms with van der Waals surface area (Å²) in [5.41, 5.74) is -1.19. The van der Waals surface area contributed by atoms with Crippen molar-refractivity contribution < 1.29 is 42.2 Å². The fourth-order valence-corrected chi connectivity index (χ4v) is 5.14. The number of ether oxygens (including phenoxy) is 1. The van der Waals surface area contributed by atoms with Crippen molar-refractivity contribution in [1.29, 1.82) is 0 Å². The molecule has 0 aromatic heterocycles. The number of nitrogens with zero attached hydrogens (tertiary/aromatic N) is 1. The smallest absolute Gasteiger partial charge is 0.416 e. The van der Waals surface area contributed by atoms with E-state index in [-0.39, 0.29) is 24.4 Å². The van der Waals surface area contributed by atoms with Gasteiger partial charge in [0.2, 0.25) is 18.1 Å². The zero-order valence-electron chi connectivity index (χ0n) is 19.4.